The molecule has 0 fully saturated rings. The maximum Gasteiger partial charge on any atom is 0.0820 e. The third kappa shape index (κ3) is 2.49. The van der Waals surface area contributed by atoms with Gasteiger partial charge in [-0.3, -0.25) is 9.97 Å². The second-order valence-corrected chi connectivity index (χ2v) is 3.92. The minimum absolute atomic E-state index is 0.161. The van der Waals surface area contributed by atoms with E-state index in [1.807, 2.05) is 24.4 Å². The van der Waals surface area contributed by atoms with E-state index in [4.69, 9.17) is 11.6 Å². The van der Waals surface area contributed by atoms with E-state index in [0.29, 0.717) is 5.02 Å². The number of nitrogens with one attached hydrogen (secondary N) is 1. The molecule has 0 saturated heterocycles. The summed E-state index contributed by atoms with van der Waals surface area (Å²) < 4.78 is 0. The van der Waals surface area contributed by atoms with Crippen LogP contribution in [-0.4, -0.2) is 9.97 Å². The third-order valence-corrected chi connectivity index (χ3v) is 2.63. The number of nitrogens with zero attached hydrogens (tertiary/aromatic N) is 2. The number of halogens is 1. The van der Waals surface area contributed by atoms with Gasteiger partial charge in [-0.05, 0) is 24.6 Å². The van der Waals surface area contributed by atoms with Crippen molar-refractivity contribution in [2.24, 2.45) is 0 Å². The highest BCUT2D eigenvalue weighted by atomic mass is 35.5. The molecular weight excluding hydrogens is 222 g/mol. The summed E-state index contributed by atoms with van der Waals surface area (Å²) in [6.07, 6.45) is 6.94. The molecule has 16 heavy (non-hydrogen) atoms. The number of aromatic nitrogens is 2. The second-order valence-electron chi connectivity index (χ2n) is 3.51. The van der Waals surface area contributed by atoms with Crippen molar-refractivity contribution in [2.45, 2.75) is 13.0 Å². The van der Waals surface area contributed by atoms with Crippen LogP contribution >= 0.6 is 11.6 Å². The minimum atomic E-state index is 0.161. The van der Waals surface area contributed by atoms with E-state index >= 15 is 0 Å². The van der Waals surface area contributed by atoms with Crippen molar-refractivity contribution in [2.75, 3.05) is 5.32 Å². The predicted octanol–water partition coefficient (Wildman–Crippen LogP) is 3.30. The maximum absolute atomic E-state index is 6.02. The summed E-state index contributed by atoms with van der Waals surface area (Å²) >= 11 is 6.02. The molecular formula is C12H12ClN3. The lowest BCUT2D eigenvalue weighted by molar-refractivity contribution is 0.875. The van der Waals surface area contributed by atoms with Crippen LogP contribution < -0.4 is 5.32 Å². The molecule has 0 saturated carbocycles. The van der Waals surface area contributed by atoms with E-state index in [1.165, 1.54) is 0 Å². The van der Waals surface area contributed by atoms with Gasteiger partial charge in [-0.25, -0.2) is 0 Å². The lowest BCUT2D eigenvalue weighted by atomic mass is 10.1. The molecule has 0 aliphatic rings. The third-order valence-electron chi connectivity index (χ3n) is 2.33. The molecule has 2 heterocycles. The van der Waals surface area contributed by atoms with Crippen molar-refractivity contribution >= 4 is 17.3 Å². The Bertz CT molecular complexity index is 459. The molecule has 0 amide bonds. The fourth-order valence-corrected chi connectivity index (χ4v) is 1.61. The Morgan fingerprint density at radius 2 is 2.00 bits per heavy atom. The van der Waals surface area contributed by atoms with Gasteiger partial charge in [0.2, 0.25) is 0 Å². The summed E-state index contributed by atoms with van der Waals surface area (Å²) in [5.41, 5.74) is 2.00. The summed E-state index contributed by atoms with van der Waals surface area (Å²) in [5, 5.41) is 3.94. The molecule has 1 unspecified atom stereocenters. The predicted molar refractivity (Wildman–Crippen MR) is 65.5 cm³/mol. The topological polar surface area (TPSA) is 37.8 Å². The van der Waals surface area contributed by atoms with Gasteiger partial charge in [0, 0.05) is 24.8 Å². The summed E-state index contributed by atoms with van der Waals surface area (Å²) in [6, 6.07) is 5.96. The zero-order valence-corrected chi connectivity index (χ0v) is 9.65. The zero-order chi connectivity index (χ0) is 11.4. The van der Waals surface area contributed by atoms with Gasteiger partial charge in [-0.15, -0.1) is 0 Å². The van der Waals surface area contributed by atoms with Gasteiger partial charge < -0.3 is 5.32 Å². The van der Waals surface area contributed by atoms with Crippen molar-refractivity contribution in [3.8, 4) is 0 Å². The van der Waals surface area contributed by atoms with Crippen LogP contribution in [0.5, 0.6) is 0 Å². The van der Waals surface area contributed by atoms with Crippen molar-refractivity contribution in [3.05, 3.63) is 53.6 Å². The Labute approximate surface area is 99.5 Å². The number of hydrogen-bond donors (Lipinski definition) is 1. The first kappa shape index (κ1) is 10.9. The highest BCUT2D eigenvalue weighted by molar-refractivity contribution is 6.33. The lowest BCUT2D eigenvalue weighted by Crippen LogP contribution is -2.07. The highest BCUT2D eigenvalue weighted by Gasteiger charge is 2.06. The van der Waals surface area contributed by atoms with Crippen LogP contribution in [0.2, 0.25) is 5.02 Å². The first-order valence-corrected chi connectivity index (χ1v) is 5.41. The molecule has 2 rings (SSSR count). The van der Waals surface area contributed by atoms with Crippen LogP contribution in [0.4, 0.5) is 5.69 Å². The van der Waals surface area contributed by atoms with Crippen LogP contribution in [0.15, 0.2) is 43.0 Å². The lowest BCUT2D eigenvalue weighted by Gasteiger charge is -2.15. The first-order chi connectivity index (χ1) is 7.77. The van der Waals surface area contributed by atoms with Crippen molar-refractivity contribution in [1.29, 1.82) is 0 Å². The number of hydrogen-bond acceptors (Lipinski definition) is 3. The van der Waals surface area contributed by atoms with Gasteiger partial charge in [0.15, 0.2) is 0 Å². The first-order valence-electron chi connectivity index (χ1n) is 5.03. The Morgan fingerprint density at radius 3 is 2.69 bits per heavy atom. The molecule has 2 aromatic rings. The van der Waals surface area contributed by atoms with E-state index in [0.717, 1.165) is 11.3 Å². The van der Waals surface area contributed by atoms with Crippen molar-refractivity contribution in [3.63, 3.8) is 0 Å². The van der Waals surface area contributed by atoms with Crippen LogP contribution in [-0.2, 0) is 0 Å². The van der Waals surface area contributed by atoms with Crippen molar-refractivity contribution in [1.82, 2.24) is 9.97 Å². The smallest absolute Gasteiger partial charge is 0.0820 e. The molecule has 1 atom stereocenters. The maximum atomic E-state index is 6.02. The normalized spacial score (nSPS) is 12.1. The standard InChI is InChI=1S/C12H12ClN3/c1-9(10-3-2-5-14-7-10)16-12-4-6-15-8-11(12)13/h2-9H,1H3,(H,15,16). The fraction of sp³-hybridized carbons (Fsp3) is 0.167. The molecule has 0 aromatic carbocycles. The van der Waals surface area contributed by atoms with E-state index in [-0.39, 0.29) is 6.04 Å². The molecule has 2 aromatic heterocycles. The van der Waals surface area contributed by atoms with Crippen LogP contribution in [0.1, 0.15) is 18.5 Å². The summed E-state index contributed by atoms with van der Waals surface area (Å²) in [4.78, 5) is 8.03. The molecule has 0 radical (unpaired) electrons. The highest BCUT2D eigenvalue weighted by Crippen LogP contribution is 2.24. The Hall–Kier alpha value is -1.61. The van der Waals surface area contributed by atoms with E-state index in [1.54, 1.807) is 18.6 Å². The SMILES string of the molecule is CC(Nc1ccncc1Cl)c1cccnc1. The summed E-state index contributed by atoms with van der Waals surface area (Å²) in [5.74, 6) is 0. The molecule has 0 aliphatic heterocycles. The molecule has 0 aliphatic carbocycles. The number of pyridine rings is 2. The van der Waals surface area contributed by atoms with Gasteiger partial charge >= 0.3 is 0 Å². The quantitative estimate of drug-likeness (QED) is 0.884. The summed E-state index contributed by atoms with van der Waals surface area (Å²) in [7, 11) is 0. The van der Waals surface area contributed by atoms with Crippen LogP contribution in [0.25, 0.3) is 0 Å². The van der Waals surface area contributed by atoms with Crippen molar-refractivity contribution < 1.29 is 0 Å². The molecule has 0 bridgehead atoms. The average Bonchev–Trinajstić information content (AvgIpc) is 2.33. The van der Waals surface area contributed by atoms with Gasteiger partial charge in [0.25, 0.3) is 0 Å². The second kappa shape index (κ2) is 4.94. The molecule has 82 valence electrons. The Kier molecular flexibility index (Phi) is 3.37. The number of anilines is 1. The molecule has 4 heteroatoms. The van der Waals surface area contributed by atoms with E-state index < -0.39 is 0 Å². The molecule has 1 N–H and O–H groups in total. The Morgan fingerprint density at radius 1 is 1.19 bits per heavy atom. The van der Waals surface area contributed by atoms with E-state index in [2.05, 4.69) is 22.2 Å². The van der Waals surface area contributed by atoms with Gasteiger partial charge in [-0.2, -0.15) is 0 Å². The van der Waals surface area contributed by atoms with Gasteiger partial charge in [0.05, 0.1) is 16.8 Å². The van der Waals surface area contributed by atoms with Gasteiger partial charge in [0.1, 0.15) is 0 Å². The van der Waals surface area contributed by atoms with Gasteiger partial charge in [-0.1, -0.05) is 17.7 Å². The van der Waals surface area contributed by atoms with E-state index in [9.17, 15) is 0 Å². The van der Waals surface area contributed by atoms with Crippen LogP contribution in [0.3, 0.4) is 0 Å². The minimum Gasteiger partial charge on any atom is -0.377 e. The Balaban J connectivity index is 2.14. The average molecular weight is 234 g/mol. The monoisotopic (exact) mass is 233 g/mol. The zero-order valence-electron chi connectivity index (χ0n) is 8.89. The largest absolute Gasteiger partial charge is 0.377 e. The summed E-state index contributed by atoms with van der Waals surface area (Å²) in [6.45, 7) is 2.06. The number of rotatable bonds is 3. The fourth-order valence-electron chi connectivity index (χ4n) is 1.44. The molecule has 3 nitrogen and oxygen atoms in total. The molecule has 0 spiro atoms. The van der Waals surface area contributed by atoms with Crippen LogP contribution in [0, 0.1) is 0 Å².